The largest absolute Gasteiger partial charge is 0.444 e. The molecule has 9 heteroatoms. The quantitative estimate of drug-likeness (QED) is 0.497. The SMILES string of the molecule is Cc1oc2[nH]c(=O)n(-c3ccccc3)c(=O)c2c1C(=O)Nc1cc(F)cc(N2CCCC2)c1. The van der Waals surface area contributed by atoms with Crippen LogP contribution < -0.4 is 21.5 Å². The van der Waals surface area contributed by atoms with Crippen molar-refractivity contribution in [3.63, 3.8) is 0 Å². The highest BCUT2D eigenvalue weighted by molar-refractivity contribution is 6.12. The van der Waals surface area contributed by atoms with Crippen LogP contribution in [0.15, 0.2) is 62.5 Å². The van der Waals surface area contributed by atoms with Crippen LogP contribution in [0.1, 0.15) is 29.0 Å². The number of rotatable bonds is 4. The maximum absolute atomic E-state index is 14.3. The van der Waals surface area contributed by atoms with Gasteiger partial charge in [0.15, 0.2) is 0 Å². The van der Waals surface area contributed by atoms with Gasteiger partial charge in [-0.25, -0.2) is 13.8 Å². The van der Waals surface area contributed by atoms with Gasteiger partial charge in [-0.1, -0.05) is 18.2 Å². The maximum Gasteiger partial charge on any atom is 0.335 e. The molecule has 3 heterocycles. The van der Waals surface area contributed by atoms with Gasteiger partial charge in [-0.15, -0.1) is 0 Å². The molecule has 0 saturated carbocycles. The van der Waals surface area contributed by atoms with Crippen molar-refractivity contribution in [2.24, 2.45) is 0 Å². The summed E-state index contributed by atoms with van der Waals surface area (Å²) in [5.41, 5.74) is -0.148. The number of aromatic nitrogens is 2. The average molecular weight is 448 g/mol. The molecule has 1 saturated heterocycles. The molecule has 1 fully saturated rings. The number of carbonyl (C=O) groups is 1. The van der Waals surface area contributed by atoms with Crippen LogP contribution in [-0.4, -0.2) is 28.5 Å². The van der Waals surface area contributed by atoms with Crippen LogP contribution in [0.2, 0.25) is 0 Å². The minimum absolute atomic E-state index is 0.0112. The Kier molecular flexibility index (Phi) is 5.08. The second kappa shape index (κ2) is 8.09. The van der Waals surface area contributed by atoms with E-state index in [2.05, 4.69) is 15.2 Å². The average Bonchev–Trinajstić information content (AvgIpc) is 3.42. The molecule has 8 nitrogen and oxygen atoms in total. The van der Waals surface area contributed by atoms with Crippen molar-refractivity contribution in [1.82, 2.24) is 9.55 Å². The molecule has 1 aliphatic heterocycles. The molecule has 1 aliphatic rings. The van der Waals surface area contributed by atoms with Gasteiger partial charge in [0.2, 0.25) is 5.71 Å². The number of amides is 1. The molecular weight excluding hydrogens is 427 g/mol. The van der Waals surface area contributed by atoms with E-state index in [9.17, 15) is 18.8 Å². The van der Waals surface area contributed by atoms with Gasteiger partial charge in [-0.05, 0) is 50.1 Å². The fourth-order valence-corrected chi connectivity index (χ4v) is 4.28. The molecule has 2 N–H and O–H groups in total. The van der Waals surface area contributed by atoms with Crippen molar-refractivity contribution in [3.8, 4) is 5.69 Å². The number of fused-ring (bicyclic) bond motifs is 1. The van der Waals surface area contributed by atoms with E-state index < -0.39 is 23.0 Å². The molecule has 0 spiro atoms. The number of para-hydroxylation sites is 1. The normalized spacial score (nSPS) is 13.6. The lowest BCUT2D eigenvalue weighted by Gasteiger charge is -2.18. The number of aryl methyl sites for hydroxylation is 1. The van der Waals surface area contributed by atoms with Crippen molar-refractivity contribution in [2.75, 3.05) is 23.3 Å². The molecule has 0 bridgehead atoms. The summed E-state index contributed by atoms with van der Waals surface area (Å²) in [5, 5.41) is 2.63. The van der Waals surface area contributed by atoms with Gasteiger partial charge >= 0.3 is 5.69 Å². The molecule has 33 heavy (non-hydrogen) atoms. The first kappa shape index (κ1) is 20.7. The smallest absolute Gasteiger partial charge is 0.335 e. The van der Waals surface area contributed by atoms with E-state index in [1.54, 1.807) is 36.4 Å². The molecule has 0 atom stereocenters. The van der Waals surface area contributed by atoms with Gasteiger partial charge in [0.1, 0.15) is 17.0 Å². The fourth-order valence-electron chi connectivity index (χ4n) is 4.28. The molecule has 168 valence electrons. The number of nitrogens with one attached hydrogen (secondary N) is 2. The van der Waals surface area contributed by atoms with Crippen molar-refractivity contribution >= 4 is 28.4 Å². The lowest BCUT2D eigenvalue weighted by molar-refractivity contribution is 0.102. The van der Waals surface area contributed by atoms with Gasteiger partial charge in [-0.2, -0.15) is 0 Å². The Hall–Kier alpha value is -4.14. The van der Waals surface area contributed by atoms with Crippen LogP contribution in [0.3, 0.4) is 0 Å². The van der Waals surface area contributed by atoms with E-state index in [0.717, 1.165) is 30.5 Å². The topological polar surface area (TPSA) is 100 Å². The fraction of sp³-hybridized carbons (Fsp3) is 0.208. The summed E-state index contributed by atoms with van der Waals surface area (Å²) in [4.78, 5) is 43.6. The number of carbonyl (C=O) groups excluding carboxylic acids is 1. The predicted molar refractivity (Wildman–Crippen MR) is 123 cm³/mol. The van der Waals surface area contributed by atoms with E-state index in [4.69, 9.17) is 4.42 Å². The molecule has 0 radical (unpaired) electrons. The number of H-pyrrole nitrogens is 1. The second-order valence-electron chi connectivity index (χ2n) is 7.99. The summed E-state index contributed by atoms with van der Waals surface area (Å²) in [5.74, 6) is -0.940. The Labute approximate surface area is 187 Å². The number of hydrogen-bond donors (Lipinski definition) is 2. The summed E-state index contributed by atoms with van der Waals surface area (Å²) in [6.07, 6.45) is 2.06. The number of halogens is 1. The summed E-state index contributed by atoms with van der Waals surface area (Å²) < 4.78 is 20.7. The molecular formula is C24H21FN4O4. The Morgan fingerprint density at radius 2 is 1.79 bits per heavy atom. The van der Waals surface area contributed by atoms with E-state index in [-0.39, 0.29) is 28.1 Å². The van der Waals surface area contributed by atoms with E-state index in [0.29, 0.717) is 11.4 Å². The highest BCUT2D eigenvalue weighted by Crippen LogP contribution is 2.27. The molecule has 2 aromatic heterocycles. The Morgan fingerprint density at radius 3 is 2.52 bits per heavy atom. The highest BCUT2D eigenvalue weighted by atomic mass is 19.1. The van der Waals surface area contributed by atoms with Crippen molar-refractivity contribution in [3.05, 3.63) is 86.5 Å². The van der Waals surface area contributed by atoms with Gasteiger partial charge in [-0.3, -0.25) is 14.6 Å². The second-order valence-corrected chi connectivity index (χ2v) is 7.99. The highest BCUT2D eigenvalue weighted by Gasteiger charge is 2.25. The molecule has 4 aromatic rings. The third kappa shape index (κ3) is 3.71. The standard InChI is InChI=1S/C24H21FN4O4/c1-14-19(21(30)26-16-11-15(25)12-18(13-16)28-9-5-6-10-28)20-22(33-14)27-24(32)29(23(20)31)17-7-3-2-4-8-17/h2-4,7-8,11-13H,5-6,9-10H2,1H3,(H,26,30)(H,27,32). The molecule has 1 amide bonds. The van der Waals surface area contributed by atoms with Gasteiger partial charge < -0.3 is 14.6 Å². The zero-order valence-electron chi connectivity index (χ0n) is 17.9. The van der Waals surface area contributed by atoms with Crippen molar-refractivity contribution in [2.45, 2.75) is 19.8 Å². The lowest BCUT2D eigenvalue weighted by atomic mass is 10.1. The first-order valence-electron chi connectivity index (χ1n) is 10.6. The van der Waals surface area contributed by atoms with Crippen LogP contribution in [0.5, 0.6) is 0 Å². The molecule has 5 rings (SSSR count). The minimum atomic E-state index is -0.682. The number of nitrogens with zero attached hydrogens (tertiary/aromatic N) is 2. The third-order valence-corrected chi connectivity index (χ3v) is 5.78. The van der Waals surface area contributed by atoms with E-state index in [1.165, 1.54) is 19.1 Å². The Bertz CT molecular complexity index is 1480. The van der Waals surface area contributed by atoms with E-state index in [1.807, 2.05) is 0 Å². The maximum atomic E-state index is 14.3. The number of anilines is 2. The van der Waals surface area contributed by atoms with Crippen molar-refractivity contribution in [1.29, 1.82) is 0 Å². The van der Waals surface area contributed by atoms with Crippen LogP contribution in [0.25, 0.3) is 16.8 Å². The van der Waals surface area contributed by atoms with Crippen LogP contribution in [-0.2, 0) is 0 Å². The van der Waals surface area contributed by atoms with Crippen LogP contribution in [0, 0.1) is 12.7 Å². The molecule has 0 aliphatic carbocycles. The van der Waals surface area contributed by atoms with Crippen LogP contribution >= 0.6 is 0 Å². The van der Waals surface area contributed by atoms with Crippen LogP contribution in [0.4, 0.5) is 15.8 Å². The first-order chi connectivity index (χ1) is 15.9. The summed E-state index contributed by atoms with van der Waals surface area (Å²) in [6.45, 7) is 3.18. The lowest BCUT2D eigenvalue weighted by Crippen LogP contribution is -2.34. The summed E-state index contributed by atoms with van der Waals surface area (Å²) in [6, 6.07) is 12.7. The zero-order valence-corrected chi connectivity index (χ0v) is 17.9. The first-order valence-corrected chi connectivity index (χ1v) is 10.6. The van der Waals surface area contributed by atoms with Gasteiger partial charge in [0, 0.05) is 24.5 Å². The third-order valence-electron chi connectivity index (χ3n) is 5.78. The minimum Gasteiger partial charge on any atom is -0.444 e. The number of benzene rings is 2. The van der Waals surface area contributed by atoms with Crippen molar-refractivity contribution < 1.29 is 13.6 Å². The van der Waals surface area contributed by atoms with E-state index >= 15 is 0 Å². The zero-order chi connectivity index (χ0) is 23.1. The van der Waals surface area contributed by atoms with Gasteiger partial charge in [0.05, 0.1) is 11.3 Å². The monoisotopic (exact) mass is 448 g/mol. The Morgan fingerprint density at radius 1 is 1.06 bits per heavy atom. The molecule has 0 unspecified atom stereocenters. The number of hydrogen-bond acceptors (Lipinski definition) is 5. The van der Waals surface area contributed by atoms with Gasteiger partial charge in [0.25, 0.3) is 11.5 Å². The summed E-state index contributed by atoms with van der Waals surface area (Å²) >= 11 is 0. The predicted octanol–water partition coefficient (Wildman–Crippen LogP) is 3.57. The number of furan rings is 1. The summed E-state index contributed by atoms with van der Waals surface area (Å²) in [7, 11) is 0. The molecule has 2 aromatic carbocycles. The number of aromatic amines is 1. The Balaban J connectivity index is 1.58.